The third-order valence-electron chi connectivity index (χ3n) is 2.30. The minimum atomic E-state index is -0.461. The van der Waals surface area contributed by atoms with E-state index in [2.05, 4.69) is 14.8 Å². The van der Waals surface area contributed by atoms with E-state index in [-0.39, 0.29) is 0 Å². The van der Waals surface area contributed by atoms with E-state index in [9.17, 15) is 4.79 Å². The van der Waals surface area contributed by atoms with Gasteiger partial charge in [0, 0.05) is 12.4 Å². The van der Waals surface area contributed by atoms with E-state index in [0.29, 0.717) is 16.0 Å². The van der Waals surface area contributed by atoms with Gasteiger partial charge in [-0.15, -0.1) is 0 Å². The normalized spacial score (nSPS) is 10.2. The number of nitrogens with zero attached hydrogens (tertiary/aromatic N) is 2. The number of pyridine rings is 1. The second kappa shape index (κ2) is 4.50. The summed E-state index contributed by atoms with van der Waals surface area (Å²) in [6.07, 6.45) is 3.24. The number of aryl methyl sites for hydroxylation is 1. The van der Waals surface area contributed by atoms with Crippen LogP contribution < -0.4 is 0 Å². The van der Waals surface area contributed by atoms with Crippen molar-refractivity contribution in [1.29, 1.82) is 0 Å². The van der Waals surface area contributed by atoms with E-state index in [1.807, 2.05) is 19.1 Å². The van der Waals surface area contributed by atoms with Gasteiger partial charge >= 0.3 is 5.97 Å². The average Bonchev–Trinajstić information content (AvgIpc) is 2.71. The first kappa shape index (κ1) is 11.5. The van der Waals surface area contributed by atoms with Crippen molar-refractivity contribution in [3.8, 4) is 5.82 Å². The zero-order chi connectivity index (χ0) is 12.4. The molecular formula is C11H11N3O2S. The number of aromatic amines is 1. The molecule has 17 heavy (non-hydrogen) atoms. The molecule has 0 aliphatic carbocycles. The molecule has 88 valence electrons. The van der Waals surface area contributed by atoms with Crippen molar-refractivity contribution in [2.45, 2.75) is 6.92 Å². The van der Waals surface area contributed by atoms with Crippen LogP contribution in [0.3, 0.4) is 0 Å². The SMILES string of the molecule is COC(=O)c1c[nH]n(-c2ccc(C)cn2)c1=S. The lowest BCUT2D eigenvalue weighted by molar-refractivity contribution is 0.0600. The summed E-state index contributed by atoms with van der Waals surface area (Å²) in [6, 6.07) is 3.74. The number of H-pyrrole nitrogens is 1. The van der Waals surface area contributed by atoms with Gasteiger partial charge in [0.25, 0.3) is 0 Å². The van der Waals surface area contributed by atoms with Crippen molar-refractivity contribution in [2.75, 3.05) is 7.11 Å². The Bertz CT molecular complexity index is 598. The van der Waals surface area contributed by atoms with Gasteiger partial charge in [0.2, 0.25) is 0 Å². The third-order valence-corrected chi connectivity index (χ3v) is 2.70. The molecule has 2 rings (SSSR count). The molecule has 0 radical (unpaired) electrons. The van der Waals surface area contributed by atoms with Crippen LogP contribution in [0.1, 0.15) is 15.9 Å². The Morgan fingerprint density at radius 3 is 2.88 bits per heavy atom. The van der Waals surface area contributed by atoms with Crippen LogP contribution in [0.15, 0.2) is 24.5 Å². The number of carbonyl (C=O) groups excluding carboxylic acids is 1. The monoisotopic (exact) mass is 249 g/mol. The molecule has 2 aromatic heterocycles. The summed E-state index contributed by atoms with van der Waals surface area (Å²) in [5.41, 5.74) is 1.38. The summed E-state index contributed by atoms with van der Waals surface area (Å²) in [7, 11) is 1.32. The van der Waals surface area contributed by atoms with Gasteiger partial charge in [-0.3, -0.25) is 5.10 Å². The number of hydrogen-bond acceptors (Lipinski definition) is 4. The Labute approximate surface area is 103 Å². The molecule has 0 atom stereocenters. The van der Waals surface area contributed by atoms with Crippen molar-refractivity contribution in [3.63, 3.8) is 0 Å². The lowest BCUT2D eigenvalue weighted by Gasteiger charge is -2.01. The standard InChI is InChI=1S/C11H11N3O2S/c1-7-3-4-9(12-5-7)14-10(17)8(6-13-14)11(15)16-2/h3-6,13H,1-2H3. The maximum atomic E-state index is 11.4. The first-order valence-corrected chi connectivity index (χ1v) is 5.36. The van der Waals surface area contributed by atoms with Gasteiger partial charge in [-0.1, -0.05) is 18.3 Å². The van der Waals surface area contributed by atoms with Gasteiger partial charge < -0.3 is 4.74 Å². The molecule has 0 amide bonds. The molecule has 0 bridgehead atoms. The molecule has 2 aromatic rings. The minimum Gasteiger partial charge on any atom is -0.465 e. The Morgan fingerprint density at radius 1 is 1.53 bits per heavy atom. The van der Waals surface area contributed by atoms with Crippen LogP contribution >= 0.6 is 12.2 Å². The smallest absolute Gasteiger partial charge is 0.342 e. The van der Waals surface area contributed by atoms with Crippen molar-refractivity contribution in [3.05, 3.63) is 40.3 Å². The highest BCUT2D eigenvalue weighted by Crippen LogP contribution is 2.10. The summed E-state index contributed by atoms with van der Waals surface area (Å²) in [5, 5.41) is 2.87. The van der Waals surface area contributed by atoms with Crippen molar-refractivity contribution >= 4 is 18.2 Å². The number of esters is 1. The van der Waals surface area contributed by atoms with Gasteiger partial charge in [-0.05, 0) is 18.6 Å². The fraction of sp³-hybridized carbons (Fsp3) is 0.182. The van der Waals surface area contributed by atoms with Crippen LogP contribution in [0.4, 0.5) is 0 Å². The molecule has 0 spiro atoms. The van der Waals surface area contributed by atoms with E-state index >= 15 is 0 Å². The van der Waals surface area contributed by atoms with Gasteiger partial charge in [0.15, 0.2) is 5.82 Å². The Morgan fingerprint density at radius 2 is 2.29 bits per heavy atom. The van der Waals surface area contributed by atoms with Crippen molar-refractivity contribution in [1.82, 2.24) is 14.8 Å². The van der Waals surface area contributed by atoms with Crippen LogP contribution in [0, 0.1) is 11.6 Å². The number of hydrogen-bond donors (Lipinski definition) is 1. The summed E-state index contributed by atoms with van der Waals surface area (Å²) < 4.78 is 6.54. The molecule has 5 nitrogen and oxygen atoms in total. The van der Waals surface area contributed by atoms with Gasteiger partial charge in [0.05, 0.1) is 7.11 Å². The molecule has 0 saturated heterocycles. The molecule has 0 aromatic carbocycles. The van der Waals surface area contributed by atoms with E-state index in [0.717, 1.165) is 5.56 Å². The molecule has 0 saturated carbocycles. The molecule has 0 aliphatic rings. The highest BCUT2D eigenvalue weighted by molar-refractivity contribution is 7.71. The molecule has 2 heterocycles. The van der Waals surface area contributed by atoms with E-state index < -0.39 is 5.97 Å². The number of carbonyl (C=O) groups is 1. The molecule has 1 N–H and O–H groups in total. The van der Waals surface area contributed by atoms with E-state index in [1.54, 1.807) is 10.9 Å². The first-order valence-electron chi connectivity index (χ1n) is 4.95. The topological polar surface area (TPSA) is 59.9 Å². The van der Waals surface area contributed by atoms with Gasteiger partial charge in [0.1, 0.15) is 10.2 Å². The molecule has 0 aliphatic heterocycles. The second-order valence-electron chi connectivity index (χ2n) is 3.51. The van der Waals surface area contributed by atoms with Crippen LogP contribution in [-0.4, -0.2) is 27.8 Å². The second-order valence-corrected chi connectivity index (χ2v) is 3.90. The van der Waals surface area contributed by atoms with Crippen LogP contribution in [0.25, 0.3) is 5.82 Å². The zero-order valence-electron chi connectivity index (χ0n) is 9.43. The Kier molecular flexibility index (Phi) is 3.06. The highest BCUT2D eigenvalue weighted by atomic mass is 32.1. The molecule has 6 heteroatoms. The largest absolute Gasteiger partial charge is 0.465 e. The molecule has 0 unspecified atom stereocenters. The Balaban J connectivity index is 2.48. The first-order chi connectivity index (χ1) is 8.13. The Hall–Kier alpha value is -1.95. The summed E-state index contributed by atoms with van der Waals surface area (Å²) in [6.45, 7) is 1.95. The average molecular weight is 249 g/mol. The van der Waals surface area contributed by atoms with Gasteiger partial charge in [-0.25, -0.2) is 14.5 Å². The summed E-state index contributed by atoms with van der Waals surface area (Å²) >= 11 is 5.17. The number of methoxy groups -OCH3 is 1. The van der Waals surface area contributed by atoms with Crippen LogP contribution in [0.5, 0.6) is 0 Å². The predicted octanol–water partition coefficient (Wildman–Crippen LogP) is 2.02. The summed E-state index contributed by atoms with van der Waals surface area (Å²) in [4.78, 5) is 15.6. The maximum absolute atomic E-state index is 11.4. The van der Waals surface area contributed by atoms with Crippen molar-refractivity contribution in [2.24, 2.45) is 0 Å². The van der Waals surface area contributed by atoms with Gasteiger partial charge in [-0.2, -0.15) is 0 Å². The molecular weight excluding hydrogens is 238 g/mol. The van der Waals surface area contributed by atoms with E-state index in [4.69, 9.17) is 12.2 Å². The number of aromatic nitrogens is 3. The highest BCUT2D eigenvalue weighted by Gasteiger charge is 2.12. The minimum absolute atomic E-state index is 0.324. The van der Waals surface area contributed by atoms with Crippen LogP contribution in [-0.2, 0) is 4.74 Å². The number of nitrogens with one attached hydrogen (secondary N) is 1. The lowest BCUT2D eigenvalue weighted by Crippen LogP contribution is -2.02. The number of rotatable bonds is 2. The van der Waals surface area contributed by atoms with E-state index in [1.165, 1.54) is 13.3 Å². The quantitative estimate of drug-likeness (QED) is 0.653. The third kappa shape index (κ3) is 2.12. The summed E-state index contributed by atoms with van der Waals surface area (Å²) in [5.74, 6) is 0.174. The van der Waals surface area contributed by atoms with Crippen molar-refractivity contribution < 1.29 is 9.53 Å². The predicted molar refractivity (Wildman–Crippen MR) is 64.8 cm³/mol. The fourth-order valence-electron chi connectivity index (χ4n) is 1.39. The molecule has 0 fully saturated rings. The lowest BCUT2D eigenvalue weighted by atomic mass is 10.3. The zero-order valence-corrected chi connectivity index (χ0v) is 10.2. The maximum Gasteiger partial charge on any atom is 0.342 e. The number of ether oxygens (including phenoxy) is 1. The van der Waals surface area contributed by atoms with Crippen LogP contribution in [0.2, 0.25) is 0 Å². The fourth-order valence-corrected chi connectivity index (χ4v) is 1.68.